The molecule has 13 heteroatoms. The van der Waals surface area contributed by atoms with Gasteiger partial charge < -0.3 is 25.2 Å². The molecule has 0 radical (unpaired) electrons. The molecule has 0 amide bonds. The van der Waals surface area contributed by atoms with Gasteiger partial charge in [0.2, 0.25) is 0 Å². The summed E-state index contributed by atoms with van der Waals surface area (Å²) in [6.07, 6.45) is 39.8. The third-order valence-corrected chi connectivity index (χ3v) is 9.67. The molecule has 0 bridgehead atoms. The number of carboxylic acids is 1. The summed E-state index contributed by atoms with van der Waals surface area (Å²) < 4.78 is 32.6. The topological polar surface area (TPSA) is 189 Å². The third-order valence-electron chi connectivity index (χ3n) is 8.71. The second-order valence-electron chi connectivity index (χ2n) is 14.2. The molecule has 0 heterocycles. The molecule has 0 aliphatic heterocycles. The molecule has 1 unspecified atom stereocenters. The number of phosphoric ester groups is 1. The van der Waals surface area contributed by atoms with Gasteiger partial charge >= 0.3 is 25.7 Å². The predicted molar refractivity (Wildman–Crippen MR) is 226 cm³/mol. The molecular weight excluding hydrogens is 749 g/mol. The van der Waals surface area contributed by atoms with Crippen molar-refractivity contribution in [1.29, 1.82) is 0 Å². The van der Waals surface area contributed by atoms with E-state index in [2.05, 4.69) is 54.8 Å². The molecule has 0 fully saturated rings. The van der Waals surface area contributed by atoms with E-state index in [1.807, 2.05) is 12.2 Å². The van der Waals surface area contributed by atoms with E-state index in [0.29, 0.717) is 19.3 Å². The van der Waals surface area contributed by atoms with Gasteiger partial charge in [0.1, 0.15) is 12.6 Å². The number of carbonyl (C=O) groups is 4. The molecule has 0 aliphatic carbocycles. The van der Waals surface area contributed by atoms with Crippen LogP contribution in [0.1, 0.15) is 162 Å². The Morgan fingerprint density at radius 1 is 0.596 bits per heavy atom. The maximum absolute atomic E-state index is 12.6. The number of rotatable bonds is 39. The number of carboxylic acid groups (broad SMARTS) is 1. The van der Waals surface area contributed by atoms with Gasteiger partial charge in [-0.25, -0.2) is 4.57 Å². The van der Waals surface area contributed by atoms with Gasteiger partial charge in [-0.05, 0) is 76.7 Å². The zero-order chi connectivity index (χ0) is 42.2. The second-order valence-corrected chi connectivity index (χ2v) is 15.6. The summed E-state index contributed by atoms with van der Waals surface area (Å²) in [5.41, 5.74) is 5.32. The number of hydrogen-bond donors (Lipinski definition) is 3. The summed E-state index contributed by atoms with van der Waals surface area (Å²) in [5.74, 6) is -2.33. The van der Waals surface area contributed by atoms with Crippen molar-refractivity contribution in [3.8, 4) is 0 Å². The minimum atomic E-state index is -4.74. The number of allylic oxidation sites excluding steroid dienone is 10. The van der Waals surface area contributed by atoms with Crippen molar-refractivity contribution in [3.05, 3.63) is 60.8 Å². The van der Waals surface area contributed by atoms with Crippen molar-refractivity contribution in [2.24, 2.45) is 5.73 Å². The molecule has 326 valence electrons. The molecule has 0 spiro atoms. The van der Waals surface area contributed by atoms with Crippen molar-refractivity contribution in [2.45, 2.75) is 174 Å². The van der Waals surface area contributed by atoms with Crippen LogP contribution >= 0.6 is 7.82 Å². The van der Waals surface area contributed by atoms with Crippen LogP contribution in [0.25, 0.3) is 0 Å². The van der Waals surface area contributed by atoms with Gasteiger partial charge in [-0.2, -0.15) is 0 Å². The molecule has 12 nitrogen and oxygen atoms in total. The van der Waals surface area contributed by atoms with Crippen LogP contribution in [0, 0.1) is 0 Å². The van der Waals surface area contributed by atoms with E-state index in [9.17, 15) is 28.6 Å². The van der Waals surface area contributed by atoms with Gasteiger partial charge in [0.15, 0.2) is 11.9 Å². The smallest absolute Gasteiger partial charge is 0.472 e. The largest absolute Gasteiger partial charge is 0.480 e. The zero-order valence-corrected chi connectivity index (χ0v) is 35.8. The van der Waals surface area contributed by atoms with Crippen molar-refractivity contribution >= 4 is 31.5 Å². The van der Waals surface area contributed by atoms with E-state index in [1.54, 1.807) is 12.2 Å². The summed E-state index contributed by atoms with van der Waals surface area (Å²) >= 11 is 0. The Morgan fingerprint density at radius 3 is 1.70 bits per heavy atom. The van der Waals surface area contributed by atoms with E-state index in [0.717, 1.165) is 96.3 Å². The van der Waals surface area contributed by atoms with Crippen LogP contribution in [0.4, 0.5) is 0 Å². The first-order valence-electron chi connectivity index (χ1n) is 21.3. The van der Waals surface area contributed by atoms with Crippen LogP contribution in [0.15, 0.2) is 60.8 Å². The second kappa shape index (κ2) is 38.4. The van der Waals surface area contributed by atoms with E-state index >= 15 is 0 Å². The van der Waals surface area contributed by atoms with Crippen molar-refractivity contribution in [2.75, 3.05) is 19.8 Å². The van der Waals surface area contributed by atoms with Crippen LogP contribution in [-0.2, 0) is 42.3 Å². The molecule has 0 aromatic rings. The highest BCUT2D eigenvalue weighted by Crippen LogP contribution is 2.43. The average molecular weight is 824 g/mol. The Bertz CT molecular complexity index is 1260. The molecule has 0 aromatic heterocycles. The number of phosphoric acid groups is 1. The zero-order valence-electron chi connectivity index (χ0n) is 34.9. The number of ketones is 1. The molecule has 0 aromatic carbocycles. The highest BCUT2D eigenvalue weighted by Gasteiger charge is 2.28. The van der Waals surface area contributed by atoms with Crippen molar-refractivity contribution in [1.82, 2.24) is 0 Å². The normalized spacial score (nSPS) is 14.2. The number of unbranched alkanes of at least 4 members (excludes halogenated alkanes) is 14. The molecule has 0 saturated carbocycles. The minimum absolute atomic E-state index is 0.115. The average Bonchev–Trinajstić information content (AvgIpc) is 3.18. The molecular formula is C44H74NO11P. The molecule has 0 rings (SSSR count). The summed E-state index contributed by atoms with van der Waals surface area (Å²) in [7, 11) is -4.74. The lowest BCUT2D eigenvalue weighted by molar-refractivity contribution is -0.161. The van der Waals surface area contributed by atoms with Gasteiger partial charge in [-0.1, -0.05) is 126 Å². The summed E-state index contributed by atoms with van der Waals surface area (Å²) in [6.45, 7) is 2.54. The number of nitrogens with two attached hydrogens (primary N) is 1. The Kier molecular flexibility index (Phi) is 36.3. The van der Waals surface area contributed by atoms with Gasteiger partial charge in [0.05, 0.1) is 13.2 Å². The first-order chi connectivity index (χ1) is 27.5. The van der Waals surface area contributed by atoms with Crippen LogP contribution in [0.5, 0.6) is 0 Å². The van der Waals surface area contributed by atoms with Crippen molar-refractivity contribution < 1.29 is 52.3 Å². The molecule has 0 aliphatic rings. The van der Waals surface area contributed by atoms with Crippen molar-refractivity contribution in [3.63, 3.8) is 0 Å². The van der Waals surface area contributed by atoms with Gasteiger partial charge in [0, 0.05) is 19.3 Å². The first kappa shape index (κ1) is 53.9. The highest BCUT2D eigenvalue weighted by atomic mass is 31.2. The van der Waals surface area contributed by atoms with E-state index in [1.165, 1.54) is 19.3 Å². The maximum atomic E-state index is 12.6. The molecule has 57 heavy (non-hydrogen) atoms. The lowest BCUT2D eigenvalue weighted by Crippen LogP contribution is -2.34. The fraction of sp³-hybridized carbons (Fsp3) is 0.682. The standard InChI is InChI=1S/C44H74NO11P/c1-3-5-7-8-9-10-11-12-13-14-15-16-17-20-24-27-31-35-43(48)56-40(37-54-57(51,52)55-38-41(45)44(49)50)36-53-42(47)34-30-26-23-21-18-19-22-25-29-33-39(46)32-28-6-4-2/h9-10,12-13,15-16,22,25,29,33,40-41H,3-8,11,14,17-21,23-24,26-28,30-32,34-38,45H2,1-2H3,(H,49,50)(H,51,52)/b10-9-,13-12-,16-15-,25-22-,33-29+/t40-,41+/m1/s1. The maximum Gasteiger partial charge on any atom is 0.472 e. The Morgan fingerprint density at radius 2 is 1.09 bits per heavy atom. The van der Waals surface area contributed by atoms with E-state index in [-0.39, 0.29) is 25.2 Å². The third kappa shape index (κ3) is 38.2. The van der Waals surface area contributed by atoms with Gasteiger partial charge in [-0.15, -0.1) is 0 Å². The monoisotopic (exact) mass is 823 g/mol. The first-order valence-corrected chi connectivity index (χ1v) is 22.8. The number of esters is 2. The number of carbonyl (C=O) groups excluding carboxylic acids is 3. The summed E-state index contributed by atoms with van der Waals surface area (Å²) in [6, 6.07) is -1.54. The summed E-state index contributed by atoms with van der Waals surface area (Å²) in [5, 5.41) is 8.88. The van der Waals surface area contributed by atoms with Gasteiger partial charge in [-0.3, -0.25) is 28.2 Å². The summed E-state index contributed by atoms with van der Waals surface area (Å²) in [4.78, 5) is 57.7. The lowest BCUT2D eigenvalue weighted by Gasteiger charge is -2.20. The Labute approximate surface area is 343 Å². The number of ether oxygens (including phenoxy) is 2. The quantitative estimate of drug-likeness (QED) is 0.0133. The molecule has 4 N–H and O–H groups in total. The Hall–Kier alpha value is -3.15. The van der Waals surface area contributed by atoms with Gasteiger partial charge in [0.25, 0.3) is 0 Å². The molecule has 3 atom stereocenters. The fourth-order valence-electron chi connectivity index (χ4n) is 5.29. The lowest BCUT2D eigenvalue weighted by atomic mass is 10.1. The minimum Gasteiger partial charge on any atom is -0.480 e. The number of aliphatic carboxylic acids is 1. The van der Waals surface area contributed by atoms with E-state index in [4.69, 9.17) is 24.8 Å². The van der Waals surface area contributed by atoms with Crippen LogP contribution in [-0.4, -0.2) is 65.7 Å². The number of hydrogen-bond acceptors (Lipinski definition) is 10. The van der Waals surface area contributed by atoms with Crippen LogP contribution in [0.2, 0.25) is 0 Å². The van der Waals surface area contributed by atoms with Crippen LogP contribution in [0.3, 0.4) is 0 Å². The highest BCUT2D eigenvalue weighted by molar-refractivity contribution is 7.47. The molecule has 0 saturated heterocycles. The SMILES string of the molecule is CCCCC/C=C\C/C=C\C/C=C\CCCCCCC(=O)O[C@H](COC(=O)CCCCCCC/C=C\C=C\C(=O)CCCCC)COP(=O)(O)OC[C@H](N)C(=O)O. The Balaban J connectivity index is 4.50. The predicted octanol–water partition coefficient (Wildman–Crippen LogP) is 10.3. The fourth-order valence-corrected chi connectivity index (χ4v) is 6.06. The van der Waals surface area contributed by atoms with Crippen LogP contribution < -0.4 is 5.73 Å². The van der Waals surface area contributed by atoms with E-state index < -0.39 is 51.1 Å².